The summed E-state index contributed by atoms with van der Waals surface area (Å²) in [6.45, 7) is 5.84. The SMILES string of the molecule is c1cc(N2CCNCC2)ccc1OC1CCOC1. The maximum atomic E-state index is 5.86. The fraction of sp³-hybridized carbons (Fsp3) is 0.571. The van der Waals surface area contributed by atoms with Crippen molar-refractivity contribution in [2.24, 2.45) is 0 Å². The summed E-state index contributed by atoms with van der Waals surface area (Å²) >= 11 is 0. The number of nitrogens with one attached hydrogen (secondary N) is 1. The Balaban J connectivity index is 1.60. The Hall–Kier alpha value is -1.26. The van der Waals surface area contributed by atoms with Gasteiger partial charge in [-0.25, -0.2) is 0 Å². The average Bonchev–Trinajstić information content (AvgIpc) is 2.94. The summed E-state index contributed by atoms with van der Waals surface area (Å²) < 4.78 is 11.2. The molecule has 0 bridgehead atoms. The summed E-state index contributed by atoms with van der Waals surface area (Å²) in [5, 5.41) is 3.36. The molecule has 0 aliphatic carbocycles. The van der Waals surface area contributed by atoms with Crippen LogP contribution < -0.4 is 15.0 Å². The van der Waals surface area contributed by atoms with E-state index in [1.165, 1.54) is 5.69 Å². The molecule has 2 saturated heterocycles. The van der Waals surface area contributed by atoms with Gasteiger partial charge in [0.05, 0.1) is 13.2 Å². The third-order valence-corrected chi connectivity index (χ3v) is 3.51. The molecule has 1 N–H and O–H groups in total. The number of hydrogen-bond acceptors (Lipinski definition) is 4. The first-order valence-corrected chi connectivity index (χ1v) is 6.72. The van der Waals surface area contributed by atoms with Crippen LogP contribution in [-0.2, 0) is 4.74 Å². The Morgan fingerprint density at radius 1 is 1.17 bits per heavy atom. The lowest BCUT2D eigenvalue weighted by Crippen LogP contribution is -2.43. The van der Waals surface area contributed by atoms with Crippen molar-refractivity contribution in [2.75, 3.05) is 44.3 Å². The number of piperazine rings is 1. The Morgan fingerprint density at radius 3 is 2.61 bits per heavy atom. The first-order valence-electron chi connectivity index (χ1n) is 6.72. The second-order valence-electron chi connectivity index (χ2n) is 4.83. The molecule has 2 aliphatic rings. The van der Waals surface area contributed by atoms with Crippen LogP contribution >= 0.6 is 0 Å². The highest BCUT2D eigenvalue weighted by molar-refractivity contribution is 5.49. The van der Waals surface area contributed by atoms with Crippen molar-refractivity contribution < 1.29 is 9.47 Å². The summed E-state index contributed by atoms with van der Waals surface area (Å²) in [5.41, 5.74) is 1.28. The van der Waals surface area contributed by atoms with E-state index in [4.69, 9.17) is 9.47 Å². The first-order chi connectivity index (χ1) is 8.92. The summed E-state index contributed by atoms with van der Waals surface area (Å²) in [7, 11) is 0. The Kier molecular flexibility index (Phi) is 3.67. The van der Waals surface area contributed by atoms with Crippen molar-refractivity contribution in [3.8, 4) is 5.75 Å². The average molecular weight is 248 g/mol. The zero-order valence-corrected chi connectivity index (χ0v) is 10.6. The van der Waals surface area contributed by atoms with E-state index in [1.807, 2.05) is 0 Å². The number of hydrogen-bond donors (Lipinski definition) is 1. The van der Waals surface area contributed by atoms with Gasteiger partial charge in [0.15, 0.2) is 0 Å². The lowest BCUT2D eigenvalue weighted by Gasteiger charge is -2.29. The van der Waals surface area contributed by atoms with Gasteiger partial charge in [0.25, 0.3) is 0 Å². The van der Waals surface area contributed by atoms with Gasteiger partial charge in [-0.2, -0.15) is 0 Å². The fourth-order valence-electron chi connectivity index (χ4n) is 2.46. The highest BCUT2D eigenvalue weighted by Crippen LogP contribution is 2.22. The van der Waals surface area contributed by atoms with E-state index >= 15 is 0 Å². The molecule has 4 nitrogen and oxygen atoms in total. The molecule has 4 heteroatoms. The van der Waals surface area contributed by atoms with E-state index in [1.54, 1.807) is 0 Å². The maximum Gasteiger partial charge on any atom is 0.124 e. The van der Waals surface area contributed by atoms with Gasteiger partial charge < -0.3 is 19.7 Å². The number of ether oxygens (including phenoxy) is 2. The quantitative estimate of drug-likeness (QED) is 0.873. The molecule has 18 heavy (non-hydrogen) atoms. The number of rotatable bonds is 3. The molecule has 0 amide bonds. The lowest BCUT2D eigenvalue weighted by molar-refractivity contribution is 0.141. The van der Waals surface area contributed by atoms with Gasteiger partial charge in [-0.3, -0.25) is 0 Å². The van der Waals surface area contributed by atoms with Crippen LogP contribution in [0, 0.1) is 0 Å². The predicted molar refractivity (Wildman–Crippen MR) is 71.4 cm³/mol. The van der Waals surface area contributed by atoms with Crippen LogP contribution in [0.5, 0.6) is 5.75 Å². The van der Waals surface area contributed by atoms with Crippen LogP contribution in [0.25, 0.3) is 0 Å². The molecule has 0 spiro atoms. The second kappa shape index (κ2) is 5.59. The number of anilines is 1. The Morgan fingerprint density at radius 2 is 1.94 bits per heavy atom. The van der Waals surface area contributed by atoms with Crippen LogP contribution in [0.4, 0.5) is 5.69 Å². The molecule has 98 valence electrons. The van der Waals surface area contributed by atoms with Crippen LogP contribution in [0.15, 0.2) is 24.3 Å². The molecule has 3 rings (SSSR count). The van der Waals surface area contributed by atoms with Crippen molar-refractivity contribution in [1.82, 2.24) is 5.32 Å². The number of benzene rings is 1. The number of nitrogens with zero attached hydrogens (tertiary/aromatic N) is 1. The van der Waals surface area contributed by atoms with Gasteiger partial charge >= 0.3 is 0 Å². The highest BCUT2D eigenvalue weighted by Gasteiger charge is 2.17. The van der Waals surface area contributed by atoms with E-state index in [0.29, 0.717) is 0 Å². The van der Waals surface area contributed by atoms with Crippen LogP contribution in [0.2, 0.25) is 0 Å². The molecule has 2 aliphatic heterocycles. The van der Waals surface area contributed by atoms with E-state index in [9.17, 15) is 0 Å². The molecular formula is C14H20N2O2. The maximum absolute atomic E-state index is 5.86. The van der Waals surface area contributed by atoms with Crippen molar-refractivity contribution in [3.05, 3.63) is 24.3 Å². The molecule has 0 saturated carbocycles. The minimum atomic E-state index is 0.232. The van der Waals surface area contributed by atoms with E-state index in [-0.39, 0.29) is 6.10 Å². The third kappa shape index (κ3) is 2.76. The zero-order chi connectivity index (χ0) is 12.2. The van der Waals surface area contributed by atoms with Gasteiger partial charge in [0.1, 0.15) is 11.9 Å². The molecule has 1 atom stereocenters. The molecule has 1 unspecified atom stereocenters. The van der Waals surface area contributed by atoms with Crippen LogP contribution in [0.3, 0.4) is 0 Å². The molecule has 2 fully saturated rings. The van der Waals surface area contributed by atoms with Gasteiger partial charge in [-0.05, 0) is 24.3 Å². The summed E-state index contributed by atoms with van der Waals surface area (Å²) in [4.78, 5) is 2.40. The Labute approximate surface area is 108 Å². The molecule has 1 aromatic rings. The van der Waals surface area contributed by atoms with Gasteiger partial charge in [0.2, 0.25) is 0 Å². The molecule has 0 radical (unpaired) electrons. The van der Waals surface area contributed by atoms with E-state index in [0.717, 1.165) is 51.6 Å². The van der Waals surface area contributed by atoms with Crippen molar-refractivity contribution in [3.63, 3.8) is 0 Å². The van der Waals surface area contributed by atoms with Gasteiger partial charge in [0, 0.05) is 38.3 Å². The molecule has 2 heterocycles. The second-order valence-corrected chi connectivity index (χ2v) is 4.83. The zero-order valence-electron chi connectivity index (χ0n) is 10.6. The minimum absolute atomic E-state index is 0.232. The normalized spacial score (nSPS) is 24.2. The van der Waals surface area contributed by atoms with Crippen LogP contribution in [-0.4, -0.2) is 45.5 Å². The van der Waals surface area contributed by atoms with Crippen LogP contribution in [0.1, 0.15) is 6.42 Å². The van der Waals surface area contributed by atoms with Gasteiger partial charge in [-0.15, -0.1) is 0 Å². The van der Waals surface area contributed by atoms with Crippen molar-refractivity contribution >= 4 is 5.69 Å². The smallest absolute Gasteiger partial charge is 0.124 e. The summed E-state index contributed by atoms with van der Waals surface area (Å²) in [5.74, 6) is 0.949. The summed E-state index contributed by atoms with van der Waals surface area (Å²) in [6, 6.07) is 8.43. The Bertz CT molecular complexity index is 368. The van der Waals surface area contributed by atoms with Crippen molar-refractivity contribution in [2.45, 2.75) is 12.5 Å². The molecule has 0 aromatic heterocycles. The van der Waals surface area contributed by atoms with Gasteiger partial charge in [-0.1, -0.05) is 0 Å². The third-order valence-electron chi connectivity index (χ3n) is 3.51. The van der Waals surface area contributed by atoms with E-state index < -0.39 is 0 Å². The van der Waals surface area contributed by atoms with E-state index in [2.05, 4.69) is 34.5 Å². The molecule has 1 aromatic carbocycles. The standard InChI is InChI=1S/C14H20N2O2/c1-3-13(18-14-5-10-17-11-14)4-2-12(1)16-8-6-15-7-9-16/h1-4,14-15H,5-11H2. The first kappa shape index (κ1) is 11.8. The largest absolute Gasteiger partial charge is 0.488 e. The van der Waals surface area contributed by atoms with Crippen molar-refractivity contribution in [1.29, 1.82) is 0 Å². The molecular weight excluding hydrogens is 228 g/mol. The monoisotopic (exact) mass is 248 g/mol. The summed E-state index contributed by atoms with van der Waals surface area (Å²) in [6.07, 6.45) is 1.23. The highest BCUT2D eigenvalue weighted by atomic mass is 16.5. The minimum Gasteiger partial charge on any atom is -0.488 e. The topological polar surface area (TPSA) is 33.7 Å². The predicted octanol–water partition coefficient (Wildman–Crippen LogP) is 1.26. The fourth-order valence-corrected chi connectivity index (χ4v) is 2.46. The lowest BCUT2D eigenvalue weighted by atomic mass is 10.2.